The van der Waals surface area contributed by atoms with E-state index >= 15 is 0 Å². The zero-order valence-corrected chi connectivity index (χ0v) is 15.7. The van der Waals surface area contributed by atoms with E-state index in [4.69, 9.17) is 0 Å². The highest BCUT2D eigenvalue weighted by atomic mass is 32.2. The Hall–Kier alpha value is -2.27. The lowest BCUT2D eigenvalue weighted by atomic mass is 10.1. The highest BCUT2D eigenvalue weighted by Crippen LogP contribution is 2.18. The Morgan fingerprint density at radius 1 is 1.08 bits per heavy atom. The van der Waals surface area contributed by atoms with Gasteiger partial charge < -0.3 is 10.6 Å². The van der Waals surface area contributed by atoms with Crippen molar-refractivity contribution in [2.75, 3.05) is 17.6 Å². The van der Waals surface area contributed by atoms with E-state index in [2.05, 4.69) is 42.7 Å². The Kier molecular flexibility index (Phi) is 7.07. The maximum atomic E-state index is 12.1. The normalized spacial score (nSPS) is 10.4. The van der Waals surface area contributed by atoms with Crippen LogP contribution in [0.4, 0.5) is 5.69 Å². The molecule has 2 rings (SSSR count). The van der Waals surface area contributed by atoms with Gasteiger partial charge in [0.2, 0.25) is 5.91 Å². The highest BCUT2D eigenvalue weighted by molar-refractivity contribution is 7.99. The average molecular weight is 356 g/mol. The smallest absolute Gasteiger partial charge is 0.251 e. The zero-order valence-electron chi connectivity index (χ0n) is 14.9. The second-order valence-corrected chi connectivity index (χ2v) is 6.90. The average Bonchev–Trinajstić information content (AvgIpc) is 2.58. The topological polar surface area (TPSA) is 58.2 Å². The van der Waals surface area contributed by atoms with Gasteiger partial charge in [-0.25, -0.2) is 0 Å². The molecule has 0 aliphatic heterocycles. The summed E-state index contributed by atoms with van der Waals surface area (Å²) in [6, 6.07) is 13.3. The van der Waals surface area contributed by atoms with Crippen molar-refractivity contribution in [2.24, 2.45) is 0 Å². The van der Waals surface area contributed by atoms with E-state index in [0.717, 1.165) is 5.75 Å². The predicted octanol–water partition coefficient (Wildman–Crippen LogP) is 3.93. The molecule has 2 aromatic carbocycles. The van der Waals surface area contributed by atoms with Crippen LogP contribution in [0.25, 0.3) is 0 Å². The van der Waals surface area contributed by atoms with E-state index in [9.17, 15) is 9.59 Å². The zero-order chi connectivity index (χ0) is 18.2. The van der Waals surface area contributed by atoms with Gasteiger partial charge in [-0.1, -0.05) is 29.8 Å². The summed E-state index contributed by atoms with van der Waals surface area (Å²) >= 11 is 1.58. The summed E-state index contributed by atoms with van der Waals surface area (Å²) in [4.78, 5) is 24.0. The molecule has 25 heavy (non-hydrogen) atoms. The molecule has 0 aliphatic rings. The summed E-state index contributed by atoms with van der Waals surface area (Å²) in [5, 5.41) is 5.60. The summed E-state index contributed by atoms with van der Waals surface area (Å²) in [6.45, 7) is 6.60. The molecule has 2 aromatic rings. The Morgan fingerprint density at radius 2 is 1.88 bits per heavy atom. The lowest BCUT2D eigenvalue weighted by Crippen LogP contribution is -2.23. The van der Waals surface area contributed by atoms with Crippen LogP contribution < -0.4 is 10.6 Å². The van der Waals surface area contributed by atoms with E-state index in [1.165, 1.54) is 16.7 Å². The van der Waals surface area contributed by atoms with E-state index in [0.29, 0.717) is 23.5 Å². The second kappa shape index (κ2) is 9.28. The third kappa shape index (κ3) is 5.94. The molecule has 0 saturated heterocycles. The van der Waals surface area contributed by atoms with Gasteiger partial charge in [0, 0.05) is 23.5 Å². The van der Waals surface area contributed by atoms with Gasteiger partial charge in [0.25, 0.3) is 5.91 Å². The number of carbonyl (C=O) groups excluding carboxylic acids is 2. The van der Waals surface area contributed by atoms with E-state index < -0.39 is 0 Å². The minimum atomic E-state index is -0.136. The first-order valence-electron chi connectivity index (χ1n) is 8.31. The van der Waals surface area contributed by atoms with E-state index in [-0.39, 0.29) is 11.8 Å². The minimum Gasteiger partial charge on any atom is -0.352 e. The lowest BCUT2D eigenvalue weighted by Gasteiger charge is -2.09. The lowest BCUT2D eigenvalue weighted by molar-refractivity contribution is -0.113. The van der Waals surface area contributed by atoms with Gasteiger partial charge in [0.1, 0.15) is 0 Å². The number of anilines is 1. The number of hydrogen-bond acceptors (Lipinski definition) is 3. The summed E-state index contributed by atoms with van der Waals surface area (Å²) in [7, 11) is 0. The van der Waals surface area contributed by atoms with Crippen molar-refractivity contribution in [3.63, 3.8) is 0 Å². The van der Waals surface area contributed by atoms with Crippen LogP contribution in [0.1, 0.15) is 34.0 Å². The molecule has 0 spiro atoms. The van der Waals surface area contributed by atoms with Crippen molar-refractivity contribution in [2.45, 2.75) is 26.5 Å². The molecule has 0 atom stereocenters. The van der Waals surface area contributed by atoms with Crippen molar-refractivity contribution in [3.05, 3.63) is 64.7 Å². The van der Waals surface area contributed by atoms with Crippen LogP contribution in [-0.2, 0) is 10.5 Å². The molecule has 5 heteroatoms. The van der Waals surface area contributed by atoms with E-state index in [1.807, 2.05) is 6.92 Å². The van der Waals surface area contributed by atoms with Crippen LogP contribution in [0, 0.1) is 13.8 Å². The van der Waals surface area contributed by atoms with Gasteiger partial charge in [-0.2, -0.15) is 0 Å². The molecule has 0 aromatic heterocycles. The Balaban J connectivity index is 1.87. The number of thioether (sulfide) groups is 1. The van der Waals surface area contributed by atoms with Crippen molar-refractivity contribution in [1.29, 1.82) is 0 Å². The quantitative estimate of drug-likeness (QED) is 0.790. The fraction of sp³-hybridized carbons (Fsp3) is 0.300. The molecule has 0 fully saturated rings. The summed E-state index contributed by atoms with van der Waals surface area (Å²) < 4.78 is 0. The summed E-state index contributed by atoms with van der Waals surface area (Å²) in [5.74, 6) is 0.977. The Bertz CT molecular complexity index is 759. The number of hydrogen-bond donors (Lipinski definition) is 2. The maximum absolute atomic E-state index is 12.1. The molecule has 2 N–H and O–H groups in total. The van der Waals surface area contributed by atoms with Gasteiger partial charge in [0.05, 0.1) is 5.75 Å². The molecule has 0 unspecified atom stereocenters. The molecule has 2 amide bonds. The van der Waals surface area contributed by atoms with Crippen LogP contribution in [0.3, 0.4) is 0 Å². The summed E-state index contributed by atoms with van der Waals surface area (Å²) in [6.07, 6.45) is 0. The Labute approximate surface area is 153 Å². The molecular formula is C20H24N2O2S. The molecule has 0 bridgehead atoms. The van der Waals surface area contributed by atoms with Crippen LogP contribution >= 0.6 is 11.8 Å². The number of aryl methyl sites for hydroxylation is 2. The molecular weight excluding hydrogens is 332 g/mol. The molecule has 0 saturated carbocycles. The van der Waals surface area contributed by atoms with Crippen LogP contribution in [0.5, 0.6) is 0 Å². The predicted molar refractivity (Wildman–Crippen MR) is 105 cm³/mol. The fourth-order valence-corrected chi connectivity index (χ4v) is 3.30. The summed E-state index contributed by atoms with van der Waals surface area (Å²) in [5.41, 5.74) is 4.92. The molecule has 132 valence electrons. The molecule has 0 aliphatic carbocycles. The molecule has 0 radical (unpaired) electrons. The van der Waals surface area contributed by atoms with E-state index in [1.54, 1.807) is 36.0 Å². The largest absolute Gasteiger partial charge is 0.352 e. The maximum Gasteiger partial charge on any atom is 0.251 e. The number of carbonyl (C=O) groups is 2. The van der Waals surface area contributed by atoms with Gasteiger partial charge in [-0.15, -0.1) is 11.8 Å². The van der Waals surface area contributed by atoms with Crippen molar-refractivity contribution in [1.82, 2.24) is 5.32 Å². The Morgan fingerprint density at radius 3 is 2.64 bits per heavy atom. The molecule has 0 heterocycles. The van der Waals surface area contributed by atoms with Crippen molar-refractivity contribution < 1.29 is 9.59 Å². The third-order valence-electron chi connectivity index (χ3n) is 3.74. The second-order valence-electron chi connectivity index (χ2n) is 5.91. The van der Waals surface area contributed by atoms with Gasteiger partial charge in [-0.05, 0) is 50.1 Å². The van der Waals surface area contributed by atoms with Crippen molar-refractivity contribution in [3.8, 4) is 0 Å². The third-order valence-corrected chi connectivity index (χ3v) is 4.72. The van der Waals surface area contributed by atoms with Crippen LogP contribution in [-0.4, -0.2) is 24.1 Å². The SMILES string of the molecule is CCNC(=O)c1cccc(NC(=O)CSCc2cc(C)ccc2C)c1. The van der Waals surface area contributed by atoms with Crippen LogP contribution in [0.2, 0.25) is 0 Å². The van der Waals surface area contributed by atoms with Gasteiger partial charge in [-0.3, -0.25) is 9.59 Å². The number of nitrogens with one attached hydrogen (secondary N) is 2. The minimum absolute atomic E-state index is 0.0663. The van der Waals surface area contributed by atoms with Crippen LogP contribution in [0.15, 0.2) is 42.5 Å². The fourth-order valence-electron chi connectivity index (χ4n) is 2.41. The monoisotopic (exact) mass is 356 g/mol. The van der Waals surface area contributed by atoms with Crippen molar-refractivity contribution >= 4 is 29.3 Å². The van der Waals surface area contributed by atoms with Gasteiger partial charge >= 0.3 is 0 Å². The number of rotatable bonds is 7. The number of benzene rings is 2. The first kappa shape index (κ1) is 19.1. The van der Waals surface area contributed by atoms with Gasteiger partial charge in [0.15, 0.2) is 0 Å². The number of amides is 2. The molecule has 4 nitrogen and oxygen atoms in total. The highest BCUT2D eigenvalue weighted by Gasteiger charge is 2.08. The standard InChI is InChI=1S/C20H24N2O2S/c1-4-21-20(24)16-6-5-7-18(11-16)22-19(23)13-25-12-17-10-14(2)8-9-15(17)3/h5-11H,4,12-13H2,1-3H3,(H,21,24)(H,22,23). The first-order chi connectivity index (χ1) is 12.0. The first-order valence-corrected chi connectivity index (χ1v) is 9.47.